The lowest BCUT2D eigenvalue weighted by Crippen LogP contribution is -2.49. The molecule has 0 radical (unpaired) electrons. The first kappa shape index (κ1) is 19.0. The molecule has 1 unspecified atom stereocenters. The van der Waals surface area contributed by atoms with Gasteiger partial charge in [0, 0.05) is 6.07 Å². The van der Waals surface area contributed by atoms with Crippen LogP contribution >= 0.6 is 0 Å². The number of esters is 1. The predicted octanol–water partition coefficient (Wildman–Crippen LogP) is 3.09. The number of carbonyl (C=O) groups excluding carboxylic acids is 3. The topological polar surface area (TPSA) is 107 Å². The number of hydrogen-bond donors (Lipinski definition) is 0. The molecule has 1 saturated carbocycles. The number of nitro benzene ring substituents is 1. The van der Waals surface area contributed by atoms with Crippen molar-refractivity contribution in [1.82, 2.24) is 4.90 Å². The highest BCUT2D eigenvalue weighted by Gasteiger charge is 2.48. The molecule has 8 heteroatoms. The van der Waals surface area contributed by atoms with E-state index in [-0.39, 0.29) is 23.1 Å². The molecule has 27 heavy (non-hydrogen) atoms. The van der Waals surface area contributed by atoms with Gasteiger partial charge in [-0.2, -0.15) is 0 Å². The third kappa shape index (κ3) is 3.43. The molecule has 1 fully saturated rings. The van der Waals surface area contributed by atoms with Gasteiger partial charge < -0.3 is 4.74 Å². The maximum absolute atomic E-state index is 12.9. The van der Waals surface area contributed by atoms with E-state index >= 15 is 0 Å². The molecule has 0 spiro atoms. The van der Waals surface area contributed by atoms with Crippen LogP contribution in [0.5, 0.6) is 0 Å². The molecule has 2 amide bonds. The van der Waals surface area contributed by atoms with Crippen LogP contribution in [0.15, 0.2) is 18.2 Å². The number of imide groups is 1. The zero-order valence-electron chi connectivity index (χ0n) is 15.3. The molecule has 0 aromatic heterocycles. The Labute approximate surface area is 156 Å². The summed E-state index contributed by atoms with van der Waals surface area (Å²) in [4.78, 5) is 49.8. The predicted molar refractivity (Wildman–Crippen MR) is 95.2 cm³/mol. The number of carbonyl (C=O) groups is 3. The van der Waals surface area contributed by atoms with Crippen LogP contribution in [-0.4, -0.2) is 39.8 Å². The third-order valence-electron chi connectivity index (χ3n) is 5.11. The number of amides is 2. The number of nitro groups is 1. The summed E-state index contributed by atoms with van der Waals surface area (Å²) in [5.41, 5.74) is -0.745. The fourth-order valence-electron chi connectivity index (χ4n) is 3.78. The second-order valence-electron chi connectivity index (χ2n) is 7.32. The number of rotatable bonds is 5. The first-order valence-corrected chi connectivity index (χ1v) is 9.18. The van der Waals surface area contributed by atoms with Crippen molar-refractivity contribution in [1.29, 1.82) is 0 Å². The van der Waals surface area contributed by atoms with Gasteiger partial charge in [0.05, 0.1) is 10.5 Å². The molecule has 2 aliphatic rings. The highest BCUT2D eigenvalue weighted by atomic mass is 16.6. The Hall–Kier alpha value is -2.77. The average Bonchev–Trinajstić information content (AvgIpc) is 2.88. The highest BCUT2D eigenvalue weighted by Crippen LogP contribution is 2.34. The van der Waals surface area contributed by atoms with E-state index in [0.717, 1.165) is 37.0 Å². The van der Waals surface area contributed by atoms with Crippen LogP contribution in [0.3, 0.4) is 0 Å². The van der Waals surface area contributed by atoms with Gasteiger partial charge >= 0.3 is 5.97 Å². The minimum absolute atomic E-state index is 0.0506. The monoisotopic (exact) mass is 374 g/mol. The second-order valence-corrected chi connectivity index (χ2v) is 7.32. The average molecular weight is 374 g/mol. The fraction of sp³-hybridized carbons (Fsp3) is 0.526. The van der Waals surface area contributed by atoms with E-state index in [1.54, 1.807) is 13.8 Å². The highest BCUT2D eigenvalue weighted by molar-refractivity contribution is 6.24. The standard InChI is InChI=1S/C19H22N2O6/c1-11(2)16(19(24)27-12-7-4-3-5-8-12)20-17(22)13-9-6-10-14(21(25)26)15(13)18(20)23/h6,9-12,16H,3-5,7-8H2,1-2H3. The van der Waals surface area contributed by atoms with Gasteiger partial charge in [0.15, 0.2) is 0 Å². The quantitative estimate of drug-likeness (QED) is 0.339. The molecule has 144 valence electrons. The maximum atomic E-state index is 12.9. The molecule has 1 aromatic carbocycles. The largest absolute Gasteiger partial charge is 0.461 e. The van der Waals surface area contributed by atoms with Gasteiger partial charge in [-0.3, -0.25) is 24.6 Å². The Kier molecular flexibility index (Phi) is 5.25. The van der Waals surface area contributed by atoms with Crippen LogP contribution in [0.2, 0.25) is 0 Å². The Morgan fingerprint density at radius 1 is 1.19 bits per heavy atom. The van der Waals surface area contributed by atoms with Crippen LogP contribution in [0.1, 0.15) is 66.7 Å². The number of fused-ring (bicyclic) bond motifs is 1. The Bertz CT molecular complexity index is 797. The summed E-state index contributed by atoms with van der Waals surface area (Å²) in [6.45, 7) is 3.43. The fourth-order valence-corrected chi connectivity index (χ4v) is 3.78. The van der Waals surface area contributed by atoms with E-state index in [1.165, 1.54) is 18.2 Å². The number of ether oxygens (including phenoxy) is 1. The molecular formula is C19H22N2O6. The lowest BCUT2D eigenvalue weighted by Gasteiger charge is -2.30. The molecule has 1 aromatic rings. The van der Waals surface area contributed by atoms with Crippen LogP contribution in [0.4, 0.5) is 5.69 Å². The molecule has 1 aliphatic heterocycles. The first-order chi connectivity index (χ1) is 12.8. The van der Waals surface area contributed by atoms with Crippen molar-refractivity contribution in [3.63, 3.8) is 0 Å². The van der Waals surface area contributed by atoms with E-state index in [1.807, 2.05) is 0 Å². The van der Waals surface area contributed by atoms with Crippen LogP contribution in [0, 0.1) is 16.0 Å². The van der Waals surface area contributed by atoms with Crippen LogP contribution in [-0.2, 0) is 9.53 Å². The van der Waals surface area contributed by atoms with Crippen molar-refractivity contribution in [3.8, 4) is 0 Å². The van der Waals surface area contributed by atoms with E-state index < -0.39 is 34.4 Å². The lowest BCUT2D eigenvalue weighted by atomic mass is 9.97. The Balaban J connectivity index is 1.91. The van der Waals surface area contributed by atoms with Crippen LogP contribution in [0.25, 0.3) is 0 Å². The van der Waals surface area contributed by atoms with Crippen LogP contribution < -0.4 is 0 Å². The Morgan fingerprint density at radius 2 is 1.85 bits per heavy atom. The molecular weight excluding hydrogens is 352 g/mol. The Morgan fingerprint density at radius 3 is 2.44 bits per heavy atom. The van der Waals surface area contributed by atoms with Gasteiger partial charge in [0.1, 0.15) is 17.7 Å². The van der Waals surface area contributed by atoms with Gasteiger partial charge in [0.2, 0.25) is 0 Å². The summed E-state index contributed by atoms with van der Waals surface area (Å²) in [5.74, 6) is -2.53. The zero-order valence-corrected chi connectivity index (χ0v) is 15.3. The van der Waals surface area contributed by atoms with Gasteiger partial charge in [-0.05, 0) is 37.7 Å². The van der Waals surface area contributed by atoms with Crippen molar-refractivity contribution in [2.75, 3.05) is 0 Å². The molecule has 0 N–H and O–H groups in total. The molecule has 8 nitrogen and oxygen atoms in total. The molecule has 1 heterocycles. The number of hydrogen-bond acceptors (Lipinski definition) is 6. The third-order valence-corrected chi connectivity index (χ3v) is 5.11. The number of benzene rings is 1. The van der Waals surface area contributed by atoms with Gasteiger partial charge in [-0.25, -0.2) is 4.79 Å². The van der Waals surface area contributed by atoms with E-state index in [9.17, 15) is 24.5 Å². The normalized spacial score (nSPS) is 18.6. The van der Waals surface area contributed by atoms with Crippen molar-refractivity contribution < 1.29 is 24.0 Å². The summed E-state index contributed by atoms with van der Waals surface area (Å²) >= 11 is 0. The summed E-state index contributed by atoms with van der Waals surface area (Å²) in [7, 11) is 0. The summed E-state index contributed by atoms with van der Waals surface area (Å²) in [6, 6.07) is 2.79. The molecule has 0 saturated heterocycles. The number of nitrogens with zero attached hydrogens (tertiary/aromatic N) is 2. The molecule has 0 bridgehead atoms. The maximum Gasteiger partial charge on any atom is 0.329 e. The first-order valence-electron chi connectivity index (χ1n) is 9.18. The smallest absolute Gasteiger partial charge is 0.329 e. The van der Waals surface area contributed by atoms with E-state index in [0.29, 0.717) is 0 Å². The summed E-state index contributed by atoms with van der Waals surface area (Å²) in [6.07, 6.45) is 4.38. The molecule has 3 rings (SSSR count). The summed E-state index contributed by atoms with van der Waals surface area (Å²) in [5, 5.41) is 11.3. The molecule has 1 atom stereocenters. The minimum atomic E-state index is -1.11. The van der Waals surface area contributed by atoms with Crippen molar-refractivity contribution in [2.24, 2.45) is 5.92 Å². The summed E-state index contributed by atoms with van der Waals surface area (Å²) < 4.78 is 5.58. The van der Waals surface area contributed by atoms with Crippen molar-refractivity contribution in [3.05, 3.63) is 39.4 Å². The SMILES string of the molecule is CC(C)C(C(=O)OC1CCCCC1)N1C(=O)c2cccc([N+](=O)[O-])c2C1=O. The van der Waals surface area contributed by atoms with Gasteiger partial charge in [-0.1, -0.05) is 26.3 Å². The second kappa shape index (κ2) is 7.46. The van der Waals surface area contributed by atoms with E-state index in [4.69, 9.17) is 4.74 Å². The minimum Gasteiger partial charge on any atom is -0.461 e. The van der Waals surface area contributed by atoms with E-state index in [2.05, 4.69) is 0 Å². The lowest BCUT2D eigenvalue weighted by molar-refractivity contribution is -0.385. The van der Waals surface area contributed by atoms with Gasteiger partial charge in [-0.15, -0.1) is 0 Å². The van der Waals surface area contributed by atoms with Crippen molar-refractivity contribution >= 4 is 23.5 Å². The van der Waals surface area contributed by atoms with Gasteiger partial charge in [0.25, 0.3) is 17.5 Å². The van der Waals surface area contributed by atoms with Crippen molar-refractivity contribution in [2.45, 2.75) is 58.1 Å². The zero-order chi connectivity index (χ0) is 19.7. The molecule has 1 aliphatic carbocycles.